The Hall–Kier alpha value is -1.17. The fraction of sp³-hybridized carbons (Fsp3) is 0.250. The minimum atomic E-state index is -3.72. The van der Waals surface area contributed by atoms with Crippen molar-refractivity contribution in [1.29, 1.82) is 0 Å². The first-order valence-electron chi connectivity index (χ1n) is 5.24. The lowest BCUT2D eigenvalue weighted by Crippen LogP contribution is -2.34. The Kier molecular flexibility index (Phi) is 5.07. The smallest absolute Gasteiger partial charge is 0.243 e. The van der Waals surface area contributed by atoms with Gasteiger partial charge in [0.25, 0.3) is 0 Å². The normalized spacial score (nSPS) is 11.5. The summed E-state index contributed by atoms with van der Waals surface area (Å²) in [7, 11) is -3.72. The molecule has 0 saturated heterocycles. The number of halogens is 1. The highest BCUT2D eigenvalue weighted by Gasteiger charge is 2.24. The number of hydrogen-bond acceptors (Lipinski definition) is 3. The maximum atomic E-state index is 12.2. The molecule has 0 fully saturated rings. The van der Waals surface area contributed by atoms with E-state index < -0.39 is 15.3 Å². The molecule has 0 saturated carbocycles. The van der Waals surface area contributed by atoms with Gasteiger partial charge in [0.1, 0.15) is 0 Å². The third-order valence-corrected chi connectivity index (χ3v) is 4.24. The average Bonchev–Trinajstić information content (AvgIpc) is 2.28. The highest BCUT2D eigenvalue weighted by Crippen LogP contribution is 2.16. The summed E-state index contributed by atoms with van der Waals surface area (Å²) in [6, 6.07) is 6.39. The van der Waals surface area contributed by atoms with Gasteiger partial charge in [0, 0.05) is 6.54 Å². The highest BCUT2D eigenvalue weighted by molar-refractivity contribution is 7.89. The number of hydrogen-bond donors (Lipinski definition) is 0. The first-order chi connectivity index (χ1) is 8.37. The van der Waals surface area contributed by atoms with Crippen LogP contribution in [0.5, 0.6) is 0 Å². The van der Waals surface area contributed by atoms with Crippen LogP contribution in [0.15, 0.2) is 41.8 Å². The van der Waals surface area contributed by atoms with Gasteiger partial charge in [0.15, 0.2) is 0 Å². The summed E-state index contributed by atoms with van der Waals surface area (Å²) in [6.07, 6.45) is 1.41. The van der Waals surface area contributed by atoms with E-state index >= 15 is 0 Å². The summed E-state index contributed by atoms with van der Waals surface area (Å²) in [5.74, 6) is 0. The van der Waals surface area contributed by atoms with Gasteiger partial charge >= 0.3 is 0 Å². The lowest BCUT2D eigenvalue weighted by molar-refractivity contribution is -0.111. The van der Waals surface area contributed by atoms with Crippen LogP contribution in [0.4, 0.5) is 0 Å². The summed E-state index contributed by atoms with van der Waals surface area (Å²) in [5, 5.41) is -0.729. The topological polar surface area (TPSA) is 54.5 Å². The standard InChI is InChI=1S/C12H14ClNO3S/c1-3-8-14(9-12(13)15)18(16,17)11-6-4-10(2)5-7-11/h3-7H,1,8-9H2,2H3. The number of rotatable bonds is 6. The molecule has 18 heavy (non-hydrogen) atoms. The molecule has 1 rings (SSSR count). The second kappa shape index (κ2) is 6.13. The maximum Gasteiger partial charge on any atom is 0.243 e. The van der Waals surface area contributed by atoms with Crippen LogP contribution in [0.2, 0.25) is 0 Å². The molecule has 0 N–H and O–H groups in total. The van der Waals surface area contributed by atoms with E-state index in [0.717, 1.165) is 9.87 Å². The average molecular weight is 288 g/mol. The molecule has 0 radical (unpaired) electrons. The number of benzene rings is 1. The Morgan fingerprint density at radius 3 is 2.39 bits per heavy atom. The van der Waals surface area contributed by atoms with Crippen molar-refractivity contribution in [2.75, 3.05) is 13.1 Å². The van der Waals surface area contributed by atoms with E-state index in [1.165, 1.54) is 18.2 Å². The van der Waals surface area contributed by atoms with Crippen LogP contribution in [0, 0.1) is 6.92 Å². The molecule has 0 aliphatic carbocycles. The third-order valence-electron chi connectivity index (χ3n) is 2.29. The molecule has 0 unspecified atom stereocenters. The summed E-state index contributed by atoms with van der Waals surface area (Å²) in [6.45, 7) is 5.00. The zero-order chi connectivity index (χ0) is 13.8. The first-order valence-corrected chi connectivity index (χ1v) is 7.06. The predicted molar refractivity (Wildman–Crippen MR) is 71.0 cm³/mol. The minimum Gasteiger partial charge on any atom is -0.280 e. The Bertz CT molecular complexity index is 537. The molecule has 0 aliphatic rings. The van der Waals surface area contributed by atoms with Crippen LogP contribution in [0.25, 0.3) is 0 Å². The van der Waals surface area contributed by atoms with Crippen molar-refractivity contribution in [3.8, 4) is 0 Å². The molecule has 0 amide bonds. The molecule has 0 aromatic heterocycles. The van der Waals surface area contributed by atoms with Crippen molar-refractivity contribution in [2.24, 2.45) is 0 Å². The second-order valence-corrected chi connectivity index (χ2v) is 6.11. The van der Waals surface area contributed by atoms with Gasteiger partial charge < -0.3 is 0 Å². The summed E-state index contributed by atoms with van der Waals surface area (Å²) < 4.78 is 25.5. The number of sulfonamides is 1. The minimum absolute atomic E-state index is 0.0364. The molecule has 4 nitrogen and oxygen atoms in total. The Balaban J connectivity index is 3.11. The van der Waals surface area contributed by atoms with Gasteiger partial charge in [-0.25, -0.2) is 8.42 Å². The van der Waals surface area contributed by atoms with E-state index in [-0.39, 0.29) is 18.0 Å². The van der Waals surface area contributed by atoms with Crippen LogP contribution < -0.4 is 0 Å². The number of nitrogens with zero attached hydrogens (tertiary/aromatic N) is 1. The van der Waals surface area contributed by atoms with Crippen molar-refractivity contribution in [3.63, 3.8) is 0 Å². The molecule has 1 aromatic carbocycles. The molecule has 0 heterocycles. The van der Waals surface area contributed by atoms with Crippen LogP contribution in [0.3, 0.4) is 0 Å². The van der Waals surface area contributed by atoms with Gasteiger partial charge in [-0.3, -0.25) is 4.79 Å². The van der Waals surface area contributed by atoms with Gasteiger partial charge in [-0.05, 0) is 30.7 Å². The van der Waals surface area contributed by atoms with Crippen molar-refractivity contribution < 1.29 is 13.2 Å². The van der Waals surface area contributed by atoms with Crippen molar-refractivity contribution >= 4 is 26.9 Å². The van der Waals surface area contributed by atoms with Gasteiger partial charge in [0.05, 0.1) is 11.4 Å². The molecule has 6 heteroatoms. The maximum absolute atomic E-state index is 12.2. The Morgan fingerprint density at radius 2 is 1.94 bits per heavy atom. The van der Waals surface area contributed by atoms with Crippen LogP contribution in [0.1, 0.15) is 5.56 Å². The number of aryl methyl sites for hydroxylation is 1. The van der Waals surface area contributed by atoms with Gasteiger partial charge in [-0.15, -0.1) is 6.58 Å². The largest absolute Gasteiger partial charge is 0.280 e. The SMILES string of the molecule is C=CCN(CC(=O)Cl)S(=O)(=O)c1ccc(C)cc1. The quantitative estimate of drug-likeness (QED) is 0.593. The van der Waals surface area contributed by atoms with Gasteiger partial charge in [0.2, 0.25) is 15.3 Å². The van der Waals surface area contributed by atoms with E-state index in [0.29, 0.717) is 0 Å². The predicted octanol–water partition coefficient (Wildman–Crippen LogP) is 1.94. The summed E-state index contributed by atoms with van der Waals surface area (Å²) in [4.78, 5) is 11.0. The van der Waals surface area contributed by atoms with E-state index in [9.17, 15) is 13.2 Å². The second-order valence-electron chi connectivity index (χ2n) is 3.75. The molecule has 0 bridgehead atoms. The molecule has 0 atom stereocenters. The fourth-order valence-corrected chi connectivity index (χ4v) is 2.97. The van der Waals surface area contributed by atoms with Crippen molar-refractivity contribution in [2.45, 2.75) is 11.8 Å². The van der Waals surface area contributed by atoms with Crippen LogP contribution in [-0.2, 0) is 14.8 Å². The molecule has 98 valence electrons. The Morgan fingerprint density at radius 1 is 1.39 bits per heavy atom. The highest BCUT2D eigenvalue weighted by atomic mass is 35.5. The van der Waals surface area contributed by atoms with E-state index in [4.69, 9.17) is 11.6 Å². The first kappa shape index (κ1) is 14.9. The molecule has 1 aromatic rings. The van der Waals surface area contributed by atoms with E-state index in [1.54, 1.807) is 12.1 Å². The summed E-state index contributed by atoms with van der Waals surface area (Å²) >= 11 is 5.25. The summed E-state index contributed by atoms with van der Waals surface area (Å²) in [5.41, 5.74) is 0.956. The van der Waals surface area contributed by atoms with Crippen molar-refractivity contribution in [1.82, 2.24) is 4.31 Å². The van der Waals surface area contributed by atoms with Crippen LogP contribution in [-0.4, -0.2) is 31.1 Å². The van der Waals surface area contributed by atoms with E-state index in [2.05, 4.69) is 6.58 Å². The lowest BCUT2D eigenvalue weighted by atomic mass is 10.2. The number of carbonyl (C=O) groups is 1. The molecule has 0 aliphatic heterocycles. The molecule has 0 spiro atoms. The van der Waals surface area contributed by atoms with E-state index in [1.807, 2.05) is 6.92 Å². The van der Waals surface area contributed by atoms with Crippen LogP contribution >= 0.6 is 11.6 Å². The van der Waals surface area contributed by atoms with Crippen molar-refractivity contribution in [3.05, 3.63) is 42.5 Å². The Labute approximate surface area is 112 Å². The van der Waals surface area contributed by atoms with Gasteiger partial charge in [-0.2, -0.15) is 4.31 Å². The molecular formula is C12H14ClNO3S. The fourth-order valence-electron chi connectivity index (χ4n) is 1.39. The zero-order valence-electron chi connectivity index (χ0n) is 9.97. The number of carbonyl (C=O) groups excluding carboxylic acids is 1. The molecular weight excluding hydrogens is 274 g/mol. The monoisotopic (exact) mass is 287 g/mol. The zero-order valence-corrected chi connectivity index (χ0v) is 11.5. The lowest BCUT2D eigenvalue weighted by Gasteiger charge is -2.18. The third kappa shape index (κ3) is 3.66. The van der Waals surface area contributed by atoms with Gasteiger partial charge in [-0.1, -0.05) is 23.8 Å².